The number of benzene rings is 1. The van der Waals surface area contributed by atoms with Crippen LogP contribution in [0.3, 0.4) is 0 Å². The van der Waals surface area contributed by atoms with E-state index >= 15 is 0 Å². The van der Waals surface area contributed by atoms with Crippen LogP contribution in [-0.2, 0) is 21.1 Å². The summed E-state index contributed by atoms with van der Waals surface area (Å²) in [6.45, 7) is 0. The summed E-state index contributed by atoms with van der Waals surface area (Å²) in [6, 6.07) is 7.68. The number of nitrogens with zero attached hydrogens (tertiary/aromatic N) is 1. The van der Waals surface area contributed by atoms with E-state index in [0.717, 1.165) is 0 Å². The minimum Gasteiger partial charge on any atom is -0.481 e. The fourth-order valence-corrected chi connectivity index (χ4v) is 2.76. The number of rotatable bonds is 6. The van der Waals surface area contributed by atoms with Crippen LogP contribution in [0.15, 0.2) is 29.2 Å². The lowest BCUT2D eigenvalue weighted by molar-refractivity contribution is -0.136. The van der Waals surface area contributed by atoms with Crippen molar-refractivity contribution in [3.63, 3.8) is 0 Å². The molecule has 0 saturated heterocycles. The largest absolute Gasteiger partial charge is 0.481 e. The van der Waals surface area contributed by atoms with E-state index in [4.69, 9.17) is 10.4 Å². The third kappa shape index (κ3) is 4.18. The third-order valence-corrected chi connectivity index (χ3v) is 4.16. The van der Waals surface area contributed by atoms with E-state index in [1.54, 1.807) is 0 Å². The summed E-state index contributed by atoms with van der Waals surface area (Å²) in [7, 11) is -3.38. The summed E-state index contributed by atoms with van der Waals surface area (Å²) in [5, 5.41) is 16.9. The summed E-state index contributed by atoms with van der Waals surface area (Å²) in [6.07, 6.45) is 0.376. The molecule has 0 atom stereocenters. The van der Waals surface area contributed by atoms with E-state index < -0.39 is 15.8 Å². The lowest BCUT2D eigenvalue weighted by Gasteiger charge is -2.04. The lowest BCUT2D eigenvalue weighted by atomic mass is 10.2. The highest BCUT2D eigenvalue weighted by Crippen LogP contribution is 2.14. The zero-order chi connectivity index (χ0) is 13.6. The quantitative estimate of drug-likeness (QED) is 0.786. The van der Waals surface area contributed by atoms with Gasteiger partial charge < -0.3 is 5.11 Å². The highest BCUT2D eigenvalue weighted by Gasteiger charge is 2.13. The molecule has 1 aromatic rings. The van der Waals surface area contributed by atoms with Gasteiger partial charge >= 0.3 is 5.97 Å². The molecule has 0 fully saturated rings. The number of hydrogen-bond acceptors (Lipinski definition) is 4. The maximum Gasteiger partial charge on any atom is 0.307 e. The minimum absolute atomic E-state index is 0.0706. The third-order valence-electron chi connectivity index (χ3n) is 2.34. The fourth-order valence-electron chi connectivity index (χ4n) is 1.45. The molecule has 0 amide bonds. The van der Waals surface area contributed by atoms with Crippen LogP contribution < -0.4 is 0 Å². The van der Waals surface area contributed by atoms with E-state index in [-0.39, 0.29) is 23.5 Å². The first-order valence-electron chi connectivity index (χ1n) is 5.36. The average Bonchev–Trinajstić information content (AvgIpc) is 2.29. The van der Waals surface area contributed by atoms with E-state index in [1.165, 1.54) is 24.3 Å². The molecule has 0 aliphatic carbocycles. The molecule has 0 aliphatic heterocycles. The molecule has 0 spiro atoms. The summed E-state index contributed by atoms with van der Waals surface area (Å²) in [5.41, 5.74) is 0.554. The number of carbonyl (C=O) groups is 1. The normalized spacial score (nSPS) is 10.8. The van der Waals surface area contributed by atoms with Crippen LogP contribution >= 0.6 is 0 Å². The van der Waals surface area contributed by atoms with E-state index in [9.17, 15) is 13.2 Å². The van der Waals surface area contributed by atoms with Crippen LogP contribution in [0.2, 0.25) is 0 Å². The lowest BCUT2D eigenvalue weighted by Crippen LogP contribution is -2.07. The minimum atomic E-state index is -3.38. The molecule has 0 heterocycles. The van der Waals surface area contributed by atoms with Gasteiger partial charge in [0.05, 0.1) is 23.1 Å². The SMILES string of the molecule is N#CCCCS(=O)(=O)c1ccc(CC(=O)O)cc1. The van der Waals surface area contributed by atoms with Gasteiger partial charge in [-0.2, -0.15) is 5.26 Å². The van der Waals surface area contributed by atoms with Crippen LogP contribution in [0.5, 0.6) is 0 Å². The van der Waals surface area contributed by atoms with Gasteiger partial charge in [0.25, 0.3) is 0 Å². The molecule has 0 aromatic heterocycles. The van der Waals surface area contributed by atoms with Crippen LogP contribution in [0.4, 0.5) is 0 Å². The van der Waals surface area contributed by atoms with Crippen molar-refractivity contribution in [1.29, 1.82) is 5.26 Å². The Kier molecular flexibility index (Phi) is 4.86. The van der Waals surface area contributed by atoms with Crippen molar-refractivity contribution < 1.29 is 18.3 Å². The molecule has 0 bridgehead atoms. The molecule has 6 heteroatoms. The number of unbranched alkanes of at least 4 members (excludes halogenated alkanes) is 1. The number of aliphatic carboxylic acids is 1. The van der Waals surface area contributed by atoms with Crippen LogP contribution in [0.1, 0.15) is 18.4 Å². The second-order valence-corrected chi connectivity index (χ2v) is 5.90. The van der Waals surface area contributed by atoms with Crippen molar-refractivity contribution in [2.75, 3.05) is 5.75 Å². The maximum absolute atomic E-state index is 11.8. The second-order valence-electron chi connectivity index (χ2n) is 3.80. The fraction of sp³-hybridized carbons (Fsp3) is 0.333. The Morgan fingerprint density at radius 3 is 2.39 bits per heavy atom. The molecule has 0 radical (unpaired) electrons. The monoisotopic (exact) mass is 267 g/mol. The van der Waals surface area contributed by atoms with Gasteiger partial charge in [-0.05, 0) is 24.1 Å². The first kappa shape index (κ1) is 14.2. The van der Waals surface area contributed by atoms with Crippen molar-refractivity contribution in [2.24, 2.45) is 0 Å². The first-order chi connectivity index (χ1) is 8.45. The van der Waals surface area contributed by atoms with Crippen LogP contribution in [0, 0.1) is 11.3 Å². The predicted octanol–water partition coefficient (Wildman–Crippen LogP) is 1.39. The number of sulfone groups is 1. The Morgan fingerprint density at radius 2 is 1.89 bits per heavy atom. The molecular weight excluding hydrogens is 254 g/mol. The highest BCUT2D eigenvalue weighted by molar-refractivity contribution is 7.91. The molecule has 5 nitrogen and oxygen atoms in total. The summed E-state index contributed by atoms with van der Waals surface area (Å²) >= 11 is 0. The first-order valence-corrected chi connectivity index (χ1v) is 7.01. The van der Waals surface area contributed by atoms with Gasteiger partial charge in [0.2, 0.25) is 0 Å². The molecule has 1 aromatic carbocycles. The Balaban J connectivity index is 2.78. The zero-order valence-electron chi connectivity index (χ0n) is 9.67. The van der Waals surface area contributed by atoms with Crippen molar-refractivity contribution in [2.45, 2.75) is 24.2 Å². The Hall–Kier alpha value is -1.87. The molecule has 0 aliphatic rings. The van der Waals surface area contributed by atoms with Crippen molar-refractivity contribution in [1.82, 2.24) is 0 Å². The summed E-state index contributed by atoms with van der Waals surface area (Å²) in [4.78, 5) is 10.6. The van der Waals surface area contributed by atoms with Gasteiger partial charge in [-0.1, -0.05) is 12.1 Å². The van der Waals surface area contributed by atoms with Crippen LogP contribution in [-0.4, -0.2) is 25.2 Å². The van der Waals surface area contributed by atoms with Gasteiger partial charge in [-0.3, -0.25) is 4.79 Å². The van der Waals surface area contributed by atoms with E-state index in [0.29, 0.717) is 12.0 Å². The summed E-state index contributed by atoms with van der Waals surface area (Å²) in [5.74, 6) is -1.03. The molecule has 18 heavy (non-hydrogen) atoms. The average molecular weight is 267 g/mol. The number of carboxylic acid groups (broad SMARTS) is 1. The summed E-state index contributed by atoms with van der Waals surface area (Å²) < 4.78 is 23.6. The van der Waals surface area contributed by atoms with Crippen molar-refractivity contribution in [3.05, 3.63) is 29.8 Å². The second kappa shape index (κ2) is 6.17. The molecule has 1 rings (SSSR count). The maximum atomic E-state index is 11.8. The number of nitriles is 1. The molecule has 96 valence electrons. The molecule has 0 saturated carbocycles. The van der Waals surface area contributed by atoms with E-state index in [1.807, 2.05) is 6.07 Å². The van der Waals surface area contributed by atoms with Crippen molar-refractivity contribution >= 4 is 15.8 Å². The van der Waals surface area contributed by atoms with Crippen molar-refractivity contribution in [3.8, 4) is 6.07 Å². The number of carboxylic acids is 1. The Labute approximate surface area is 106 Å². The smallest absolute Gasteiger partial charge is 0.307 e. The molecule has 0 unspecified atom stereocenters. The topological polar surface area (TPSA) is 95.2 Å². The highest BCUT2D eigenvalue weighted by atomic mass is 32.2. The van der Waals surface area contributed by atoms with Crippen LogP contribution in [0.25, 0.3) is 0 Å². The van der Waals surface area contributed by atoms with Gasteiger partial charge in [0.1, 0.15) is 0 Å². The molecular formula is C12H13NO4S. The standard InChI is InChI=1S/C12H13NO4S/c13-7-1-2-8-18(16,17)11-5-3-10(4-6-11)9-12(14)15/h3-6H,1-2,8-9H2,(H,14,15). The van der Waals surface area contributed by atoms with Gasteiger partial charge in [0, 0.05) is 6.42 Å². The van der Waals surface area contributed by atoms with Gasteiger partial charge in [0.15, 0.2) is 9.84 Å². The Morgan fingerprint density at radius 1 is 1.28 bits per heavy atom. The molecule has 1 N–H and O–H groups in total. The van der Waals surface area contributed by atoms with Gasteiger partial charge in [-0.15, -0.1) is 0 Å². The zero-order valence-corrected chi connectivity index (χ0v) is 10.5. The van der Waals surface area contributed by atoms with Gasteiger partial charge in [-0.25, -0.2) is 8.42 Å². The van der Waals surface area contributed by atoms with E-state index in [2.05, 4.69) is 0 Å². The Bertz CT molecular complexity index is 555. The predicted molar refractivity (Wildman–Crippen MR) is 64.7 cm³/mol. The number of hydrogen-bond donors (Lipinski definition) is 1.